The van der Waals surface area contributed by atoms with Gasteiger partial charge in [-0.2, -0.15) is 0 Å². The fourth-order valence-electron chi connectivity index (χ4n) is 4.58. The molecular formula is C27H30N2O4. The van der Waals surface area contributed by atoms with Gasteiger partial charge in [0.1, 0.15) is 11.5 Å². The fourth-order valence-corrected chi connectivity index (χ4v) is 4.58. The molecule has 3 aromatic carbocycles. The summed E-state index contributed by atoms with van der Waals surface area (Å²) in [4.78, 5) is 28.2. The maximum atomic E-state index is 13.3. The maximum absolute atomic E-state index is 13.3. The Morgan fingerprint density at radius 1 is 0.939 bits per heavy atom. The van der Waals surface area contributed by atoms with Crippen LogP contribution in [0.1, 0.15) is 43.5 Å². The van der Waals surface area contributed by atoms with E-state index in [0.29, 0.717) is 22.7 Å². The number of ether oxygens (including phenoxy) is 2. The van der Waals surface area contributed by atoms with Crippen molar-refractivity contribution in [1.29, 1.82) is 0 Å². The molecule has 1 aliphatic heterocycles. The first kappa shape index (κ1) is 22.6. The van der Waals surface area contributed by atoms with E-state index in [-0.39, 0.29) is 30.5 Å². The Labute approximate surface area is 194 Å². The van der Waals surface area contributed by atoms with Gasteiger partial charge in [0.05, 0.1) is 18.4 Å². The monoisotopic (exact) mass is 446 g/mol. The number of amides is 2. The number of fused-ring (bicyclic) bond motifs is 1. The molecule has 0 saturated carbocycles. The lowest BCUT2D eigenvalue weighted by molar-refractivity contribution is -0.139. The minimum atomic E-state index is -0.326. The standard InChI is InChI=1S/C27H30N2O4/c1-18-9-8-10-19(2)29(18)26(30)17-33-25-16-21-12-5-4-11-20(21)15-22(25)27(31)28-23-13-6-7-14-24(23)32-3/h4-7,11-16,18-19H,8-10,17H2,1-3H3,(H,28,31)/t18-,19-/m1/s1. The van der Waals surface area contributed by atoms with Gasteiger partial charge < -0.3 is 19.7 Å². The fraction of sp³-hybridized carbons (Fsp3) is 0.333. The summed E-state index contributed by atoms with van der Waals surface area (Å²) in [7, 11) is 1.56. The number of methoxy groups -OCH3 is 1. The van der Waals surface area contributed by atoms with Crippen LogP contribution >= 0.6 is 0 Å². The molecule has 3 aromatic rings. The normalized spacial score (nSPS) is 18.1. The third kappa shape index (κ3) is 4.95. The lowest BCUT2D eigenvalue weighted by Gasteiger charge is -2.39. The summed E-state index contributed by atoms with van der Waals surface area (Å²) in [5.41, 5.74) is 0.934. The molecule has 1 N–H and O–H groups in total. The molecule has 1 fully saturated rings. The van der Waals surface area contributed by atoms with Crippen LogP contribution in [0.3, 0.4) is 0 Å². The molecular weight excluding hydrogens is 416 g/mol. The van der Waals surface area contributed by atoms with Crippen molar-refractivity contribution in [1.82, 2.24) is 4.90 Å². The van der Waals surface area contributed by atoms with Crippen molar-refractivity contribution >= 4 is 28.3 Å². The highest BCUT2D eigenvalue weighted by Crippen LogP contribution is 2.30. The largest absolute Gasteiger partial charge is 0.495 e. The van der Waals surface area contributed by atoms with E-state index in [1.165, 1.54) is 0 Å². The summed E-state index contributed by atoms with van der Waals surface area (Å²) in [5, 5.41) is 4.76. The van der Waals surface area contributed by atoms with Crippen LogP contribution in [0, 0.1) is 0 Å². The number of carbonyl (C=O) groups excluding carboxylic acids is 2. The Balaban J connectivity index is 1.60. The zero-order chi connectivity index (χ0) is 23.4. The SMILES string of the molecule is COc1ccccc1NC(=O)c1cc2ccccc2cc1OCC(=O)N1[C@H](C)CCC[C@H]1C. The van der Waals surface area contributed by atoms with Gasteiger partial charge in [0.2, 0.25) is 0 Å². The number of carbonyl (C=O) groups is 2. The summed E-state index contributed by atoms with van der Waals surface area (Å²) in [5.74, 6) is 0.565. The van der Waals surface area contributed by atoms with Crippen LogP contribution in [0.4, 0.5) is 5.69 Å². The number of para-hydroxylation sites is 2. The molecule has 0 bridgehead atoms. The van der Waals surface area contributed by atoms with Gasteiger partial charge in [-0.25, -0.2) is 0 Å². The molecule has 6 heteroatoms. The van der Waals surface area contributed by atoms with Crippen LogP contribution in [0.2, 0.25) is 0 Å². The molecule has 0 aromatic heterocycles. The van der Waals surface area contributed by atoms with Gasteiger partial charge in [0, 0.05) is 12.1 Å². The Morgan fingerprint density at radius 2 is 1.58 bits per heavy atom. The Hall–Kier alpha value is -3.54. The Kier molecular flexibility index (Phi) is 6.82. The van der Waals surface area contributed by atoms with E-state index in [4.69, 9.17) is 9.47 Å². The molecule has 33 heavy (non-hydrogen) atoms. The van der Waals surface area contributed by atoms with Gasteiger partial charge in [0.15, 0.2) is 6.61 Å². The predicted octanol–water partition coefficient (Wildman–Crippen LogP) is 5.27. The lowest BCUT2D eigenvalue weighted by Crippen LogP contribution is -2.49. The van der Waals surface area contributed by atoms with Crippen LogP contribution < -0.4 is 14.8 Å². The molecule has 6 nitrogen and oxygen atoms in total. The van der Waals surface area contributed by atoms with Crippen molar-refractivity contribution in [2.75, 3.05) is 19.0 Å². The molecule has 172 valence electrons. The maximum Gasteiger partial charge on any atom is 0.260 e. The zero-order valence-electron chi connectivity index (χ0n) is 19.3. The number of rotatable bonds is 6. The van der Waals surface area contributed by atoms with Crippen LogP contribution in [0.15, 0.2) is 60.7 Å². The summed E-state index contributed by atoms with van der Waals surface area (Å²) >= 11 is 0. The third-order valence-corrected chi connectivity index (χ3v) is 6.28. The van der Waals surface area contributed by atoms with E-state index in [2.05, 4.69) is 19.2 Å². The molecule has 2 atom stereocenters. The quantitative estimate of drug-likeness (QED) is 0.560. The molecule has 0 aliphatic carbocycles. The van der Waals surface area contributed by atoms with Crippen LogP contribution in [0.5, 0.6) is 11.5 Å². The van der Waals surface area contributed by atoms with Gasteiger partial charge in [0.25, 0.3) is 11.8 Å². The second-order valence-corrected chi connectivity index (χ2v) is 8.57. The van der Waals surface area contributed by atoms with Crippen LogP contribution in [-0.2, 0) is 4.79 Å². The molecule has 0 unspecified atom stereocenters. The second-order valence-electron chi connectivity index (χ2n) is 8.57. The number of likely N-dealkylation sites (tertiary alicyclic amines) is 1. The molecule has 0 radical (unpaired) electrons. The minimum absolute atomic E-state index is 0.0565. The van der Waals surface area contributed by atoms with Crippen molar-refractivity contribution in [3.63, 3.8) is 0 Å². The van der Waals surface area contributed by atoms with E-state index >= 15 is 0 Å². The van der Waals surface area contributed by atoms with Gasteiger partial charge in [-0.3, -0.25) is 9.59 Å². The number of anilines is 1. The number of hydrogen-bond acceptors (Lipinski definition) is 4. The van der Waals surface area contributed by atoms with E-state index in [1.54, 1.807) is 25.3 Å². The highest BCUT2D eigenvalue weighted by Gasteiger charge is 2.29. The Morgan fingerprint density at radius 3 is 2.27 bits per heavy atom. The average molecular weight is 447 g/mol. The zero-order valence-corrected chi connectivity index (χ0v) is 19.3. The Bertz CT molecular complexity index is 1150. The molecule has 4 rings (SSSR count). The van der Waals surface area contributed by atoms with Gasteiger partial charge in [-0.05, 0) is 68.1 Å². The van der Waals surface area contributed by atoms with Crippen molar-refractivity contribution in [3.05, 3.63) is 66.2 Å². The van der Waals surface area contributed by atoms with Gasteiger partial charge in [-0.1, -0.05) is 36.4 Å². The van der Waals surface area contributed by atoms with Gasteiger partial charge in [-0.15, -0.1) is 0 Å². The third-order valence-electron chi connectivity index (χ3n) is 6.28. The summed E-state index contributed by atoms with van der Waals surface area (Å²) in [6.07, 6.45) is 3.13. The predicted molar refractivity (Wildman–Crippen MR) is 130 cm³/mol. The van der Waals surface area contributed by atoms with Crippen molar-refractivity contribution in [3.8, 4) is 11.5 Å². The minimum Gasteiger partial charge on any atom is -0.495 e. The molecule has 2 amide bonds. The van der Waals surface area contributed by atoms with Crippen LogP contribution in [-0.4, -0.2) is 42.5 Å². The van der Waals surface area contributed by atoms with E-state index in [0.717, 1.165) is 30.0 Å². The molecule has 1 aliphatic rings. The van der Waals surface area contributed by atoms with E-state index in [1.807, 2.05) is 47.4 Å². The van der Waals surface area contributed by atoms with Gasteiger partial charge >= 0.3 is 0 Å². The van der Waals surface area contributed by atoms with Crippen molar-refractivity contribution in [2.24, 2.45) is 0 Å². The molecule has 1 heterocycles. The van der Waals surface area contributed by atoms with E-state index < -0.39 is 0 Å². The number of benzene rings is 3. The first-order valence-corrected chi connectivity index (χ1v) is 11.4. The summed E-state index contributed by atoms with van der Waals surface area (Å²) in [6, 6.07) is 19.0. The average Bonchev–Trinajstić information content (AvgIpc) is 2.82. The highest BCUT2D eigenvalue weighted by atomic mass is 16.5. The molecule has 0 spiro atoms. The number of piperidine rings is 1. The summed E-state index contributed by atoms with van der Waals surface area (Å²) < 4.78 is 11.3. The molecule has 1 saturated heterocycles. The first-order valence-electron chi connectivity index (χ1n) is 11.4. The smallest absolute Gasteiger partial charge is 0.260 e. The lowest BCUT2D eigenvalue weighted by atomic mass is 9.97. The van der Waals surface area contributed by atoms with Crippen molar-refractivity contribution in [2.45, 2.75) is 45.2 Å². The highest BCUT2D eigenvalue weighted by molar-refractivity contribution is 6.09. The second kappa shape index (κ2) is 9.94. The number of hydrogen-bond donors (Lipinski definition) is 1. The summed E-state index contributed by atoms with van der Waals surface area (Å²) in [6.45, 7) is 4.05. The number of nitrogens with one attached hydrogen (secondary N) is 1. The number of nitrogens with zero attached hydrogens (tertiary/aromatic N) is 1. The topological polar surface area (TPSA) is 67.9 Å². The first-order chi connectivity index (χ1) is 16.0. The van der Waals surface area contributed by atoms with E-state index in [9.17, 15) is 9.59 Å². The van der Waals surface area contributed by atoms with Crippen molar-refractivity contribution < 1.29 is 19.1 Å². The van der Waals surface area contributed by atoms with Crippen LogP contribution in [0.25, 0.3) is 10.8 Å².